The van der Waals surface area contributed by atoms with Crippen molar-refractivity contribution in [2.45, 2.75) is 19.9 Å². The molecular formula is C15H22N2O. The molecule has 0 unspecified atom stereocenters. The Hall–Kier alpha value is -1.32. The van der Waals surface area contributed by atoms with Gasteiger partial charge in [-0.1, -0.05) is 12.1 Å². The number of hydrogen-bond acceptors (Lipinski definition) is 2. The van der Waals surface area contributed by atoms with E-state index in [1.807, 2.05) is 0 Å². The molecule has 0 spiro atoms. The first-order chi connectivity index (χ1) is 8.81. The summed E-state index contributed by atoms with van der Waals surface area (Å²) in [5.41, 5.74) is 2.64. The van der Waals surface area contributed by atoms with Crippen molar-refractivity contribution >= 4 is 10.9 Å². The van der Waals surface area contributed by atoms with Crippen LogP contribution in [0.25, 0.3) is 10.9 Å². The lowest BCUT2D eigenvalue weighted by molar-refractivity contribution is 0.194. The molecule has 0 saturated carbocycles. The molecule has 0 aliphatic heterocycles. The lowest BCUT2D eigenvalue weighted by Gasteiger charge is -2.07. The Kier molecular flexibility index (Phi) is 4.79. The molecule has 0 radical (unpaired) electrons. The lowest BCUT2D eigenvalue weighted by atomic mass is 10.2. The number of methoxy groups -OCH3 is 1. The van der Waals surface area contributed by atoms with E-state index in [0.717, 1.165) is 32.7 Å². The van der Waals surface area contributed by atoms with Gasteiger partial charge in [0, 0.05) is 38.5 Å². The van der Waals surface area contributed by atoms with Crippen LogP contribution in [0, 0.1) is 6.92 Å². The molecule has 0 saturated heterocycles. The zero-order chi connectivity index (χ0) is 12.8. The van der Waals surface area contributed by atoms with Crippen LogP contribution in [0.5, 0.6) is 0 Å². The average molecular weight is 246 g/mol. The summed E-state index contributed by atoms with van der Waals surface area (Å²) >= 11 is 0. The number of ether oxygens (including phenoxy) is 1. The highest BCUT2D eigenvalue weighted by Crippen LogP contribution is 2.16. The topological polar surface area (TPSA) is 26.2 Å². The SMILES string of the molecule is COCCCNCCn1ccc2ccc(C)cc21. The number of nitrogens with one attached hydrogen (secondary N) is 1. The van der Waals surface area contributed by atoms with Crippen LogP contribution >= 0.6 is 0 Å². The van der Waals surface area contributed by atoms with Crippen LogP contribution < -0.4 is 5.32 Å². The van der Waals surface area contributed by atoms with Gasteiger partial charge in [0.25, 0.3) is 0 Å². The van der Waals surface area contributed by atoms with Gasteiger partial charge in [0.05, 0.1) is 0 Å². The van der Waals surface area contributed by atoms with Gasteiger partial charge >= 0.3 is 0 Å². The van der Waals surface area contributed by atoms with Gasteiger partial charge in [0.2, 0.25) is 0 Å². The molecule has 1 aromatic carbocycles. The first-order valence-corrected chi connectivity index (χ1v) is 6.56. The normalized spacial score (nSPS) is 11.2. The van der Waals surface area contributed by atoms with Crippen molar-refractivity contribution in [2.75, 3.05) is 26.8 Å². The molecule has 98 valence electrons. The highest BCUT2D eigenvalue weighted by atomic mass is 16.5. The fraction of sp³-hybridized carbons (Fsp3) is 0.467. The van der Waals surface area contributed by atoms with Crippen LogP contribution in [0.2, 0.25) is 0 Å². The highest BCUT2D eigenvalue weighted by Gasteiger charge is 2.00. The van der Waals surface area contributed by atoms with Gasteiger partial charge in [-0.2, -0.15) is 0 Å². The number of aromatic nitrogens is 1. The summed E-state index contributed by atoms with van der Waals surface area (Å²) < 4.78 is 7.33. The van der Waals surface area contributed by atoms with E-state index < -0.39 is 0 Å². The molecule has 3 nitrogen and oxygen atoms in total. The maximum atomic E-state index is 5.02. The van der Waals surface area contributed by atoms with Crippen LogP contribution in [0.4, 0.5) is 0 Å². The number of fused-ring (bicyclic) bond motifs is 1. The van der Waals surface area contributed by atoms with E-state index in [9.17, 15) is 0 Å². The van der Waals surface area contributed by atoms with E-state index in [1.165, 1.54) is 16.5 Å². The molecule has 1 heterocycles. The Morgan fingerprint density at radius 1 is 1.22 bits per heavy atom. The quantitative estimate of drug-likeness (QED) is 0.760. The number of benzene rings is 1. The summed E-state index contributed by atoms with van der Waals surface area (Å²) in [5.74, 6) is 0. The lowest BCUT2D eigenvalue weighted by Crippen LogP contribution is -2.21. The molecule has 3 heteroatoms. The van der Waals surface area contributed by atoms with Crippen molar-refractivity contribution < 1.29 is 4.74 Å². The van der Waals surface area contributed by atoms with Gasteiger partial charge in [-0.25, -0.2) is 0 Å². The van der Waals surface area contributed by atoms with Gasteiger partial charge in [-0.3, -0.25) is 0 Å². The van der Waals surface area contributed by atoms with Crippen LogP contribution in [0.1, 0.15) is 12.0 Å². The third kappa shape index (κ3) is 3.34. The Labute approximate surface area is 109 Å². The van der Waals surface area contributed by atoms with Crippen LogP contribution in [0.15, 0.2) is 30.5 Å². The van der Waals surface area contributed by atoms with Crippen molar-refractivity contribution in [3.8, 4) is 0 Å². The first-order valence-electron chi connectivity index (χ1n) is 6.56. The molecule has 2 aromatic rings. The first kappa shape index (κ1) is 13.1. The fourth-order valence-corrected chi connectivity index (χ4v) is 2.15. The summed E-state index contributed by atoms with van der Waals surface area (Å²) in [6, 6.07) is 8.78. The molecule has 0 fully saturated rings. The molecular weight excluding hydrogens is 224 g/mol. The standard InChI is InChI=1S/C15H22N2O/c1-13-4-5-14-6-9-17(15(14)12-13)10-8-16-7-3-11-18-2/h4-6,9,12,16H,3,7-8,10-11H2,1-2H3. The minimum atomic E-state index is 0.832. The maximum Gasteiger partial charge on any atom is 0.0483 e. The summed E-state index contributed by atoms with van der Waals surface area (Å²) in [5, 5.41) is 4.76. The van der Waals surface area contributed by atoms with Gasteiger partial charge < -0.3 is 14.6 Å². The number of hydrogen-bond donors (Lipinski definition) is 1. The van der Waals surface area contributed by atoms with Gasteiger partial charge in [-0.05, 0) is 43.0 Å². The third-order valence-corrected chi connectivity index (χ3v) is 3.16. The van der Waals surface area contributed by atoms with Crippen LogP contribution in [0.3, 0.4) is 0 Å². The Balaban J connectivity index is 1.86. The monoisotopic (exact) mass is 246 g/mol. The molecule has 0 amide bonds. The van der Waals surface area contributed by atoms with Gasteiger partial charge in [-0.15, -0.1) is 0 Å². The predicted molar refractivity (Wildman–Crippen MR) is 76.0 cm³/mol. The fourth-order valence-electron chi connectivity index (χ4n) is 2.15. The van der Waals surface area contributed by atoms with E-state index in [0.29, 0.717) is 0 Å². The minimum Gasteiger partial charge on any atom is -0.385 e. The molecule has 0 aliphatic carbocycles. The smallest absolute Gasteiger partial charge is 0.0483 e. The largest absolute Gasteiger partial charge is 0.385 e. The second kappa shape index (κ2) is 6.57. The molecule has 0 aliphatic rings. The minimum absolute atomic E-state index is 0.832. The average Bonchev–Trinajstić information content (AvgIpc) is 2.76. The number of rotatable bonds is 7. The van der Waals surface area contributed by atoms with Crippen LogP contribution in [-0.4, -0.2) is 31.4 Å². The zero-order valence-corrected chi connectivity index (χ0v) is 11.3. The maximum absolute atomic E-state index is 5.02. The third-order valence-electron chi connectivity index (χ3n) is 3.16. The van der Waals surface area contributed by atoms with E-state index >= 15 is 0 Å². The van der Waals surface area contributed by atoms with Crippen molar-refractivity contribution in [3.63, 3.8) is 0 Å². The molecule has 0 bridgehead atoms. The molecule has 2 rings (SSSR count). The summed E-state index contributed by atoms with van der Waals surface area (Å²) in [4.78, 5) is 0. The second-order valence-corrected chi connectivity index (χ2v) is 4.67. The highest BCUT2D eigenvalue weighted by molar-refractivity contribution is 5.80. The summed E-state index contributed by atoms with van der Waals surface area (Å²) in [7, 11) is 1.74. The Morgan fingerprint density at radius 3 is 2.94 bits per heavy atom. The van der Waals surface area contributed by atoms with Crippen molar-refractivity contribution in [3.05, 3.63) is 36.0 Å². The van der Waals surface area contributed by atoms with Crippen molar-refractivity contribution in [2.24, 2.45) is 0 Å². The number of aryl methyl sites for hydroxylation is 1. The van der Waals surface area contributed by atoms with Crippen molar-refractivity contribution in [1.29, 1.82) is 0 Å². The van der Waals surface area contributed by atoms with Crippen LogP contribution in [-0.2, 0) is 11.3 Å². The predicted octanol–water partition coefficient (Wildman–Crippen LogP) is 2.58. The van der Waals surface area contributed by atoms with E-state index in [-0.39, 0.29) is 0 Å². The van der Waals surface area contributed by atoms with E-state index in [1.54, 1.807) is 7.11 Å². The molecule has 1 N–H and O–H groups in total. The molecule has 1 aromatic heterocycles. The van der Waals surface area contributed by atoms with Gasteiger partial charge in [0.15, 0.2) is 0 Å². The number of nitrogens with zero attached hydrogens (tertiary/aromatic N) is 1. The summed E-state index contributed by atoms with van der Waals surface area (Å²) in [6.07, 6.45) is 3.24. The van der Waals surface area contributed by atoms with Crippen molar-refractivity contribution in [1.82, 2.24) is 9.88 Å². The van der Waals surface area contributed by atoms with E-state index in [2.05, 4.69) is 47.3 Å². The molecule has 18 heavy (non-hydrogen) atoms. The Bertz CT molecular complexity index is 490. The zero-order valence-electron chi connectivity index (χ0n) is 11.3. The Morgan fingerprint density at radius 2 is 2.11 bits per heavy atom. The van der Waals surface area contributed by atoms with Gasteiger partial charge in [0.1, 0.15) is 0 Å². The summed E-state index contributed by atoms with van der Waals surface area (Å²) in [6.45, 7) is 6.01. The second-order valence-electron chi connectivity index (χ2n) is 4.67. The van der Waals surface area contributed by atoms with E-state index in [4.69, 9.17) is 4.74 Å². The molecule has 0 atom stereocenters.